The van der Waals surface area contributed by atoms with Gasteiger partial charge in [-0.3, -0.25) is 0 Å². The highest BCUT2D eigenvalue weighted by Crippen LogP contribution is 2.35. The number of anilines is 1. The van der Waals surface area contributed by atoms with E-state index in [1.165, 1.54) is 22.3 Å². The van der Waals surface area contributed by atoms with Crippen molar-refractivity contribution in [1.82, 2.24) is 0 Å². The summed E-state index contributed by atoms with van der Waals surface area (Å²) in [7, 11) is 0. The van der Waals surface area contributed by atoms with Crippen LogP contribution in [0.15, 0.2) is 36.4 Å². The minimum Gasteiger partial charge on any atom is -0.489 e. The minimum absolute atomic E-state index is 0.232. The number of nitrogens with one attached hydrogen (secondary N) is 1. The van der Waals surface area contributed by atoms with Gasteiger partial charge in [0, 0.05) is 0 Å². The lowest BCUT2D eigenvalue weighted by Gasteiger charge is -2.29. The molecule has 0 spiro atoms. The second kappa shape index (κ2) is 5.20. The van der Waals surface area contributed by atoms with E-state index in [-0.39, 0.29) is 6.04 Å². The Labute approximate surface area is 120 Å². The molecule has 2 heteroatoms. The SMILES string of the molecule is CCc1ccc2c(c1)NC(c1ccc(C)cc1C)CO2. The number of hydrogen-bond donors (Lipinski definition) is 1. The maximum atomic E-state index is 5.91. The number of ether oxygens (including phenoxy) is 1. The normalized spacial score (nSPS) is 17.1. The van der Waals surface area contributed by atoms with Gasteiger partial charge in [-0.15, -0.1) is 0 Å². The third-order valence-corrected chi connectivity index (χ3v) is 3.99. The summed E-state index contributed by atoms with van der Waals surface area (Å²) in [5.41, 5.74) is 6.39. The lowest BCUT2D eigenvalue weighted by Crippen LogP contribution is -2.24. The number of rotatable bonds is 2. The number of aryl methyl sites for hydroxylation is 3. The van der Waals surface area contributed by atoms with E-state index < -0.39 is 0 Å². The first-order valence-electron chi connectivity index (χ1n) is 7.27. The van der Waals surface area contributed by atoms with E-state index in [0.717, 1.165) is 17.9 Å². The van der Waals surface area contributed by atoms with Gasteiger partial charge in [0.25, 0.3) is 0 Å². The van der Waals surface area contributed by atoms with Gasteiger partial charge < -0.3 is 10.1 Å². The van der Waals surface area contributed by atoms with Crippen molar-refractivity contribution < 1.29 is 4.74 Å². The zero-order valence-corrected chi connectivity index (χ0v) is 12.4. The summed E-state index contributed by atoms with van der Waals surface area (Å²) in [6.07, 6.45) is 1.04. The fraction of sp³-hybridized carbons (Fsp3) is 0.333. The third kappa shape index (κ3) is 2.38. The summed E-state index contributed by atoms with van der Waals surface area (Å²) >= 11 is 0. The van der Waals surface area contributed by atoms with Crippen LogP contribution in [0.3, 0.4) is 0 Å². The fourth-order valence-electron chi connectivity index (χ4n) is 2.82. The summed E-state index contributed by atoms with van der Waals surface area (Å²) in [4.78, 5) is 0. The van der Waals surface area contributed by atoms with Gasteiger partial charge in [-0.2, -0.15) is 0 Å². The summed E-state index contributed by atoms with van der Waals surface area (Å²) in [6, 6.07) is 13.2. The molecular formula is C18H21NO. The molecule has 0 aromatic heterocycles. The Kier molecular flexibility index (Phi) is 3.39. The molecular weight excluding hydrogens is 246 g/mol. The predicted molar refractivity (Wildman–Crippen MR) is 83.6 cm³/mol. The second-order valence-electron chi connectivity index (χ2n) is 5.55. The number of hydrogen-bond acceptors (Lipinski definition) is 2. The number of benzene rings is 2. The topological polar surface area (TPSA) is 21.3 Å². The molecule has 1 N–H and O–H groups in total. The molecule has 0 amide bonds. The van der Waals surface area contributed by atoms with Crippen molar-refractivity contribution in [2.75, 3.05) is 11.9 Å². The van der Waals surface area contributed by atoms with Gasteiger partial charge in [0.1, 0.15) is 12.4 Å². The van der Waals surface area contributed by atoms with E-state index in [2.05, 4.69) is 62.5 Å². The Hall–Kier alpha value is -1.96. The zero-order valence-electron chi connectivity index (χ0n) is 12.4. The minimum atomic E-state index is 0.232. The molecule has 2 aromatic carbocycles. The van der Waals surface area contributed by atoms with Gasteiger partial charge in [-0.1, -0.05) is 36.8 Å². The highest BCUT2D eigenvalue weighted by molar-refractivity contribution is 5.61. The van der Waals surface area contributed by atoms with Crippen LogP contribution < -0.4 is 10.1 Å². The first kappa shape index (κ1) is 13.0. The van der Waals surface area contributed by atoms with Crippen molar-refractivity contribution in [3.8, 4) is 5.75 Å². The predicted octanol–water partition coefficient (Wildman–Crippen LogP) is 4.41. The molecule has 1 aliphatic rings. The van der Waals surface area contributed by atoms with Crippen LogP contribution in [0.4, 0.5) is 5.69 Å². The maximum absolute atomic E-state index is 5.91. The van der Waals surface area contributed by atoms with Gasteiger partial charge in [0.2, 0.25) is 0 Å². The Morgan fingerprint density at radius 2 is 2.00 bits per heavy atom. The first-order valence-corrected chi connectivity index (χ1v) is 7.27. The van der Waals surface area contributed by atoms with Crippen LogP contribution >= 0.6 is 0 Å². The molecule has 1 heterocycles. The van der Waals surface area contributed by atoms with Crippen molar-refractivity contribution in [3.63, 3.8) is 0 Å². The van der Waals surface area contributed by atoms with E-state index in [1.54, 1.807) is 0 Å². The summed E-state index contributed by atoms with van der Waals surface area (Å²) in [5.74, 6) is 0.961. The molecule has 3 rings (SSSR count). The molecule has 0 fully saturated rings. The van der Waals surface area contributed by atoms with Crippen molar-refractivity contribution >= 4 is 5.69 Å². The highest BCUT2D eigenvalue weighted by Gasteiger charge is 2.21. The molecule has 2 aromatic rings. The van der Waals surface area contributed by atoms with E-state index in [4.69, 9.17) is 4.74 Å². The first-order chi connectivity index (χ1) is 9.67. The quantitative estimate of drug-likeness (QED) is 0.870. The Morgan fingerprint density at radius 1 is 1.15 bits per heavy atom. The van der Waals surface area contributed by atoms with E-state index in [1.807, 2.05) is 0 Å². The standard InChI is InChI=1S/C18H21NO/c1-4-14-6-8-18-16(10-14)19-17(11-20-18)15-7-5-12(2)9-13(15)3/h5-10,17,19H,4,11H2,1-3H3. The van der Waals surface area contributed by atoms with Gasteiger partial charge in [-0.05, 0) is 49.1 Å². The smallest absolute Gasteiger partial charge is 0.142 e. The van der Waals surface area contributed by atoms with Crippen molar-refractivity contribution in [1.29, 1.82) is 0 Å². The summed E-state index contributed by atoms with van der Waals surface area (Å²) in [6.45, 7) is 7.15. The molecule has 1 unspecified atom stereocenters. The second-order valence-corrected chi connectivity index (χ2v) is 5.55. The van der Waals surface area contributed by atoms with Crippen molar-refractivity contribution in [3.05, 3.63) is 58.7 Å². The average molecular weight is 267 g/mol. The number of fused-ring (bicyclic) bond motifs is 1. The van der Waals surface area contributed by atoms with Crippen LogP contribution in [0.5, 0.6) is 5.75 Å². The molecule has 0 aliphatic carbocycles. The molecule has 1 aliphatic heterocycles. The lowest BCUT2D eigenvalue weighted by atomic mass is 9.98. The van der Waals surface area contributed by atoms with Gasteiger partial charge >= 0.3 is 0 Å². The van der Waals surface area contributed by atoms with E-state index >= 15 is 0 Å². The van der Waals surface area contributed by atoms with Gasteiger partial charge in [0.15, 0.2) is 0 Å². The zero-order chi connectivity index (χ0) is 14.1. The van der Waals surface area contributed by atoms with E-state index in [0.29, 0.717) is 6.61 Å². The Balaban J connectivity index is 1.91. The van der Waals surface area contributed by atoms with Crippen molar-refractivity contribution in [2.45, 2.75) is 33.2 Å². The van der Waals surface area contributed by atoms with E-state index in [9.17, 15) is 0 Å². The Morgan fingerprint density at radius 3 is 2.75 bits per heavy atom. The van der Waals surface area contributed by atoms with Gasteiger partial charge in [-0.25, -0.2) is 0 Å². The average Bonchev–Trinajstić information content (AvgIpc) is 2.46. The van der Waals surface area contributed by atoms with Crippen LogP contribution in [0.25, 0.3) is 0 Å². The van der Waals surface area contributed by atoms with Crippen molar-refractivity contribution in [2.24, 2.45) is 0 Å². The summed E-state index contributed by atoms with van der Waals surface area (Å²) < 4.78 is 5.91. The molecule has 20 heavy (non-hydrogen) atoms. The van der Waals surface area contributed by atoms with Crippen LogP contribution in [0.2, 0.25) is 0 Å². The molecule has 2 nitrogen and oxygen atoms in total. The molecule has 1 atom stereocenters. The molecule has 104 valence electrons. The lowest BCUT2D eigenvalue weighted by molar-refractivity contribution is 0.286. The third-order valence-electron chi connectivity index (χ3n) is 3.99. The molecule has 0 saturated carbocycles. The molecule has 0 radical (unpaired) electrons. The molecule has 0 saturated heterocycles. The highest BCUT2D eigenvalue weighted by atomic mass is 16.5. The summed E-state index contributed by atoms with van der Waals surface area (Å²) in [5, 5.41) is 3.62. The van der Waals surface area contributed by atoms with Crippen LogP contribution in [-0.2, 0) is 6.42 Å². The largest absolute Gasteiger partial charge is 0.489 e. The van der Waals surface area contributed by atoms with Crippen LogP contribution in [-0.4, -0.2) is 6.61 Å². The maximum Gasteiger partial charge on any atom is 0.142 e. The van der Waals surface area contributed by atoms with Crippen LogP contribution in [0.1, 0.15) is 35.2 Å². The Bertz CT molecular complexity index is 633. The monoisotopic (exact) mass is 267 g/mol. The van der Waals surface area contributed by atoms with Crippen LogP contribution in [0, 0.1) is 13.8 Å². The molecule has 0 bridgehead atoms. The van der Waals surface area contributed by atoms with Gasteiger partial charge in [0.05, 0.1) is 11.7 Å². The fourth-order valence-corrected chi connectivity index (χ4v) is 2.82.